The van der Waals surface area contributed by atoms with Gasteiger partial charge in [-0.25, -0.2) is 0 Å². The molecule has 0 spiro atoms. The molecule has 1 aromatic heterocycles. The Morgan fingerprint density at radius 1 is 1.25 bits per heavy atom. The minimum atomic E-state index is -0.498. The predicted octanol–water partition coefficient (Wildman–Crippen LogP) is 2.62. The number of furan rings is 1. The molecule has 2 atom stereocenters. The number of hydrogen-bond donors (Lipinski definition) is 3. The Morgan fingerprint density at radius 2 is 2.04 bits per heavy atom. The Labute approximate surface area is 167 Å². The van der Waals surface area contributed by atoms with Crippen molar-refractivity contribution in [2.75, 3.05) is 26.2 Å². The van der Waals surface area contributed by atoms with Crippen LogP contribution < -0.4 is 10.6 Å². The number of aliphatic imine (C=N–C) groups is 1. The highest BCUT2D eigenvalue weighted by Crippen LogP contribution is 2.18. The molecule has 3 rings (SSSR count). The van der Waals surface area contributed by atoms with Crippen LogP contribution in [-0.2, 0) is 13.0 Å². The van der Waals surface area contributed by atoms with Crippen molar-refractivity contribution in [3.8, 4) is 0 Å². The molecule has 152 valence electrons. The SMILES string of the molecule is CCNC(=NCC(O)CN1CCc2ccccc2C1)NC(C)c1ccc(C)o1. The average Bonchev–Trinajstić information content (AvgIpc) is 3.13. The summed E-state index contributed by atoms with van der Waals surface area (Å²) in [7, 11) is 0. The summed E-state index contributed by atoms with van der Waals surface area (Å²) in [6.07, 6.45) is 0.540. The van der Waals surface area contributed by atoms with Crippen LogP contribution in [0.25, 0.3) is 0 Å². The molecule has 6 nitrogen and oxygen atoms in total. The van der Waals surface area contributed by atoms with Crippen molar-refractivity contribution in [1.82, 2.24) is 15.5 Å². The van der Waals surface area contributed by atoms with Crippen LogP contribution in [0.2, 0.25) is 0 Å². The predicted molar refractivity (Wildman–Crippen MR) is 112 cm³/mol. The van der Waals surface area contributed by atoms with E-state index in [0.717, 1.165) is 37.6 Å². The van der Waals surface area contributed by atoms with Gasteiger partial charge >= 0.3 is 0 Å². The fourth-order valence-corrected chi connectivity index (χ4v) is 3.54. The fourth-order valence-electron chi connectivity index (χ4n) is 3.54. The third kappa shape index (κ3) is 5.59. The van der Waals surface area contributed by atoms with Gasteiger partial charge in [0.15, 0.2) is 5.96 Å². The van der Waals surface area contributed by atoms with Gasteiger partial charge in [0, 0.05) is 26.2 Å². The maximum absolute atomic E-state index is 10.5. The standard InChI is InChI=1S/C22H32N4O2/c1-4-23-22(25-17(3)21-10-9-16(2)28-21)24-13-20(27)15-26-12-11-18-7-5-6-8-19(18)14-26/h5-10,17,20,27H,4,11-15H2,1-3H3,(H2,23,24,25). The summed E-state index contributed by atoms with van der Waals surface area (Å²) in [4.78, 5) is 6.87. The highest BCUT2D eigenvalue weighted by Gasteiger charge is 2.18. The van der Waals surface area contributed by atoms with Gasteiger partial charge in [-0.15, -0.1) is 0 Å². The molecule has 1 aromatic carbocycles. The highest BCUT2D eigenvalue weighted by molar-refractivity contribution is 5.80. The quantitative estimate of drug-likeness (QED) is 0.506. The van der Waals surface area contributed by atoms with Crippen LogP contribution in [0.4, 0.5) is 0 Å². The van der Waals surface area contributed by atoms with Crippen LogP contribution in [0.5, 0.6) is 0 Å². The number of aryl methyl sites for hydroxylation is 1. The van der Waals surface area contributed by atoms with E-state index in [4.69, 9.17) is 4.42 Å². The van der Waals surface area contributed by atoms with Crippen molar-refractivity contribution < 1.29 is 9.52 Å². The molecule has 3 N–H and O–H groups in total. The Morgan fingerprint density at radius 3 is 2.75 bits per heavy atom. The number of fused-ring (bicyclic) bond motifs is 1. The van der Waals surface area contributed by atoms with Crippen molar-refractivity contribution in [3.05, 3.63) is 59.0 Å². The summed E-state index contributed by atoms with van der Waals surface area (Å²) in [6.45, 7) is 9.61. The van der Waals surface area contributed by atoms with Crippen molar-refractivity contribution >= 4 is 5.96 Å². The number of rotatable bonds is 7. The van der Waals surface area contributed by atoms with Gasteiger partial charge in [0.2, 0.25) is 0 Å². The van der Waals surface area contributed by atoms with Gasteiger partial charge in [-0.1, -0.05) is 24.3 Å². The van der Waals surface area contributed by atoms with E-state index in [0.29, 0.717) is 19.0 Å². The van der Waals surface area contributed by atoms with Gasteiger partial charge in [-0.05, 0) is 50.5 Å². The van der Waals surface area contributed by atoms with E-state index in [2.05, 4.69) is 44.8 Å². The third-order valence-electron chi connectivity index (χ3n) is 5.02. The Kier molecular flexibility index (Phi) is 7.12. The zero-order valence-corrected chi connectivity index (χ0v) is 17.1. The highest BCUT2D eigenvalue weighted by atomic mass is 16.3. The summed E-state index contributed by atoms with van der Waals surface area (Å²) in [5.74, 6) is 2.45. The minimum Gasteiger partial charge on any atom is -0.464 e. The molecule has 0 radical (unpaired) electrons. The van der Waals surface area contributed by atoms with Crippen LogP contribution in [0.15, 0.2) is 45.8 Å². The molecule has 2 unspecified atom stereocenters. The van der Waals surface area contributed by atoms with Crippen LogP contribution in [0.1, 0.15) is 42.5 Å². The summed E-state index contributed by atoms with van der Waals surface area (Å²) >= 11 is 0. The second kappa shape index (κ2) is 9.75. The minimum absolute atomic E-state index is 0.00207. The first-order valence-electron chi connectivity index (χ1n) is 10.1. The van der Waals surface area contributed by atoms with E-state index in [-0.39, 0.29) is 6.04 Å². The first-order chi connectivity index (χ1) is 13.5. The first kappa shape index (κ1) is 20.4. The molecule has 6 heteroatoms. The second-order valence-electron chi connectivity index (χ2n) is 7.44. The summed E-state index contributed by atoms with van der Waals surface area (Å²) in [5.41, 5.74) is 2.79. The van der Waals surface area contributed by atoms with E-state index in [9.17, 15) is 5.11 Å². The molecule has 2 heterocycles. The molecule has 1 aliphatic heterocycles. The van der Waals surface area contributed by atoms with Gasteiger partial charge in [-0.2, -0.15) is 0 Å². The monoisotopic (exact) mass is 384 g/mol. The van der Waals surface area contributed by atoms with Crippen LogP contribution >= 0.6 is 0 Å². The summed E-state index contributed by atoms with van der Waals surface area (Å²) < 4.78 is 5.68. The average molecular weight is 385 g/mol. The van der Waals surface area contributed by atoms with Gasteiger partial charge in [0.05, 0.1) is 18.7 Å². The van der Waals surface area contributed by atoms with E-state index < -0.39 is 6.10 Å². The maximum Gasteiger partial charge on any atom is 0.191 e. The molecule has 0 bridgehead atoms. The van der Waals surface area contributed by atoms with Crippen molar-refractivity contribution in [1.29, 1.82) is 0 Å². The molecular formula is C22H32N4O2. The fraction of sp³-hybridized carbons (Fsp3) is 0.500. The zero-order chi connectivity index (χ0) is 19.9. The van der Waals surface area contributed by atoms with E-state index in [1.165, 1.54) is 11.1 Å². The lowest BCUT2D eigenvalue weighted by atomic mass is 10.00. The second-order valence-corrected chi connectivity index (χ2v) is 7.44. The van der Waals surface area contributed by atoms with E-state index in [1.54, 1.807) is 0 Å². The van der Waals surface area contributed by atoms with E-state index in [1.807, 2.05) is 32.9 Å². The number of guanidine groups is 1. The number of nitrogens with one attached hydrogen (secondary N) is 2. The lowest BCUT2D eigenvalue weighted by Gasteiger charge is -2.30. The van der Waals surface area contributed by atoms with Gasteiger partial charge < -0.3 is 20.2 Å². The normalized spacial score (nSPS) is 17.1. The number of β-amino-alcohol motifs (C(OH)–C–C–N with tert-alkyl or cyclic N) is 1. The number of hydrogen-bond acceptors (Lipinski definition) is 4. The largest absolute Gasteiger partial charge is 0.464 e. The van der Waals surface area contributed by atoms with Crippen LogP contribution in [-0.4, -0.2) is 48.2 Å². The first-order valence-corrected chi connectivity index (χ1v) is 10.1. The lowest BCUT2D eigenvalue weighted by molar-refractivity contribution is 0.111. The molecule has 0 aliphatic carbocycles. The Hall–Kier alpha value is -2.31. The van der Waals surface area contributed by atoms with Crippen molar-refractivity contribution in [2.45, 2.75) is 45.9 Å². The molecule has 2 aromatic rings. The topological polar surface area (TPSA) is 73.0 Å². The number of aliphatic hydroxyl groups excluding tert-OH is 1. The number of benzene rings is 1. The van der Waals surface area contributed by atoms with Gasteiger partial charge in [-0.3, -0.25) is 9.89 Å². The Bertz CT molecular complexity index is 786. The summed E-state index contributed by atoms with van der Waals surface area (Å²) in [5, 5.41) is 17.1. The number of nitrogens with zero attached hydrogens (tertiary/aromatic N) is 2. The number of aliphatic hydroxyl groups is 1. The van der Waals surface area contributed by atoms with Gasteiger partial charge in [0.25, 0.3) is 0 Å². The van der Waals surface area contributed by atoms with Crippen molar-refractivity contribution in [2.24, 2.45) is 4.99 Å². The third-order valence-corrected chi connectivity index (χ3v) is 5.02. The molecule has 0 saturated heterocycles. The zero-order valence-electron chi connectivity index (χ0n) is 17.1. The van der Waals surface area contributed by atoms with Crippen LogP contribution in [0.3, 0.4) is 0 Å². The van der Waals surface area contributed by atoms with E-state index >= 15 is 0 Å². The molecular weight excluding hydrogens is 352 g/mol. The Balaban J connectivity index is 1.52. The molecule has 1 aliphatic rings. The maximum atomic E-state index is 10.5. The molecule has 0 saturated carbocycles. The van der Waals surface area contributed by atoms with Crippen LogP contribution in [0, 0.1) is 6.92 Å². The lowest BCUT2D eigenvalue weighted by Crippen LogP contribution is -2.41. The smallest absolute Gasteiger partial charge is 0.191 e. The van der Waals surface area contributed by atoms with Gasteiger partial charge in [0.1, 0.15) is 11.5 Å². The molecule has 0 fully saturated rings. The summed E-state index contributed by atoms with van der Waals surface area (Å²) in [6, 6.07) is 12.5. The molecule has 0 amide bonds. The van der Waals surface area contributed by atoms with Crippen molar-refractivity contribution in [3.63, 3.8) is 0 Å². The molecule has 28 heavy (non-hydrogen) atoms.